The topological polar surface area (TPSA) is 85.0 Å². The van der Waals surface area contributed by atoms with Crippen molar-refractivity contribution in [2.24, 2.45) is 5.73 Å². The number of fused-ring (bicyclic) bond motifs is 1. The van der Waals surface area contributed by atoms with Crippen LogP contribution < -0.4 is 16.4 Å². The number of rotatable bonds is 4. The van der Waals surface area contributed by atoms with Gasteiger partial charge in [-0.15, -0.1) is 0 Å². The second kappa shape index (κ2) is 7.81. The molecule has 4 N–H and O–H groups in total. The minimum atomic E-state index is -4.58. The van der Waals surface area contributed by atoms with Gasteiger partial charge in [0.05, 0.1) is 16.6 Å². The van der Waals surface area contributed by atoms with Gasteiger partial charge in [0.2, 0.25) is 0 Å². The van der Waals surface area contributed by atoms with E-state index in [0.717, 1.165) is 23.4 Å². The second-order valence-corrected chi connectivity index (χ2v) is 7.55. The number of benzene rings is 2. The maximum absolute atomic E-state index is 13.1. The summed E-state index contributed by atoms with van der Waals surface area (Å²) in [5, 5.41) is 10.4. The van der Waals surface area contributed by atoms with E-state index in [4.69, 9.17) is 17.3 Å². The standard InChI is InChI=1S/C21H19ClF3N5O/c1-27-15-5-3-2-4-12(15)16-8-9-28-20-17(19(26)31)18(29-30(16)20)11-6-7-13(14(22)10-11)21(23,24)25/h2-7,10,16,27-28H,8-9H2,1H3,(H2,26,31). The fraction of sp³-hybridized carbons (Fsp3) is 0.238. The molecule has 1 unspecified atom stereocenters. The fourth-order valence-corrected chi connectivity index (χ4v) is 4.20. The number of nitrogens with two attached hydrogens (primary N) is 1. The van der Waals surface area contributed by atoms with E-state index in [1.165, 1.54) is 6.07 Å². The van der Waals surface area contributed by atoms with Gasteiger partial charge in [-0.1, -0.05) is 35.9 Å². The molecular formula is C21H19ClF3N5O. The van der Waals surface area contributed by atoms with Gasteiger partial charge in [-0.2, -0.15) is 18.3 Å². The van der Waals surface area contributed by atoms with E-state index in [0.29, 0.717) is 18.8 Å². The van der Waals surface area contributed by atoms with Crippen molar-refractivity contribution in [2.75, 3.05) is 24.2 Å². The number of anilines is 2. The highest BCUT2D eigenvalue weighted by Crippen LogP contribution is 2.41. The highest BCUT2D eigenvalue weighted by atomic mass is 35.5. The lowest BCUT2D eigenvalue weighted by Crippen LogP contribution is -2.26. The lowest BCUT2D eigenvalue weighted by molar-refractivity contribution is -0.137. The number of aromatic nitrogens is 2. The van der Waals surface area contributed by atoms with Crippen LogP contribution in [-0.2, 0) is 6.18 Å². The molecule has 10 heteroatoms. The zero-order valence-corrected chi connectivity index (χ0v) is 17.2. The number of para-hydroxylation sites is 1. The van der Waals surface area contributed by atoms with Crippen LogP contribution in [0.3, 0.4) is 0 Å². The first-order valence-electron chi connectivity index (χ1n) is 9.52. The summed E-state index contributed by atoms with van der Waals surface area (Å²) in [6.45, 7) is 0.571. The third kappa shape index (κ3) is 3.69. The van der Waals surface area contributed by atoms with E-state index in [9.17, 15) is 18.0 Å². The van der Waals surface area contributed by atoms with Crippen molar-refractivity contribution in [3.8, 4) is 11.3 Å². The van der Waals surface area contributed by atoms with Crippen molar-refractivity contribution in [3.63, 3.8) is 0 Å². The third-order valence-electron chi connectivity index (χ3n) is 5.30. The van der Waals surface area contributed by atoms with Crippen LogP contribution in [0.25, 0.3) is 11.3 Å². The van der Waals surface area contributed by atoms with Gasteiger partial charge in [0.1, 0.15) is 17.1 Å². The van der Waals surface area contributed by atoms with Crippen LogP contribution >= 0.6 is 11.6 Å². The summed E-state index contributed by atoms with van der Waals surface area (Å²) in [6.07, 6.45) is -3.89. The molecule has 0 saturated heterocycles. The molecule has 0 saturated carbocycles. The van der Waals surface area contributed by atoms with Crippen LogP contribution in [0.2, 0.25) is 5.02 Å². The van der Waals surface area contributed by atoms with E-state index < -0.39 is 22.7 Å². The summed E-state index contributed by atoms with van der Waals surface area (Å²) >= 11 is 5.89. The first-order chi connectivity index (χ1) is 14.7. The van der Waals surface area contributed by atoms with E-state index in [1.807, 2.05) is 31.3 Å². The lowest BCUT2D eigenvalue weighted by Gasteiger charge is -2.27. The van der Waals surface area contributed by atoms with E-state index in [-0.39, 0.29) is 22.9 Å². The Kier molecular flexibility index (Phi) is 5.30. The van der Waals surface area contributed by atoms with Crippen molar-refractivity contribution >= 4 is 29.0 Å². The number of halogens is 4. The summed E-state index contributed by atoms with van der Waals surface area (Å²) in [7, 11) is 1.81. The zero-order valence-electron chi connectivity index (χ0n) is 16.4. The number of primary amides is 1. The van der Waals surface area contributed by atoms with Crippen molar-refractivity contribution in [3.05, 3.63) is 64.2 Å². The van der Waals surface area contributed by atoms with Crippen molar-refractivity contribution in [1.82, 2.24) is 9.78 Å². The fourth-order valence-electron chi connectivity index (χ4n) is 3.91. The van der Waals surface area contributed by atoms with E-state index in [1.54, 1.807) is 4.68 Å². The Morgan fingerprint density at radius 2 is 2.03 bits per heavy atom. The van der Waals surface area contributed by atoms with Crippen LogP contribution in [-0.4, -0.2) is 29.3 Å². The zero-order chi connectivity index (χ0) is 22.3. The Labute approximate surface area is 181 Å². The Morgan fingerprint density at radius 1 is 1.29 bits per heavy atom. The molecule has 0 spiro atoms. The molecule has 162 valence electrons. The first-order valence-corrected chi connectivity index (χ1v) is 9.90. The SMILES string of the molecule is CNc1ccccc1C1CCNc2c(C(N)=O)c(-c3ccc(C(F)(F)F)c(Cl)c3)nn21. The molecule has 0 fully saturated rings. The molecule has 1 aromatic heterocycles. The minimum Gasteiger partial charge on any atom is -0.388 e. The molecule has 3 aromatic rings. The van der Waals surface area contributed by atoms with Crippen molar-refractivity contribution in [1.29, 1.82) is 0 Å². The largest absolute Gasteiger partial charge is 0.417 e. The smallest absolute Gasteiger partial charge is 0.388 e. The molecule has 1 aliphatic heterocycles. The molecule has 0 aliphatic carbocycles. The molecule has 2 heterocycles. The molecule has 0 bridgehead atoms. The van der Waals surface area contributed by atoms with Gasteiger partial charge in [0.25, 0.3) is 5.91 Å². The Hall–Kier alpha value is -3.20. The van der Waals surface area contributed by atoms with Crippen LogP contribution in [0.1, 0.15) is 33.9 Å². The Bertz CT molecular complexity index is 1160. The van der Waals surface area contributed by atoms with Gasteiger partial charge in [-0.05, 0) is 30.2 Å². The molecule has 1 amide bonds. The average molecular weight is 450 g/mol. The molecule has 2 aromatic carbocycles. The molecule has 0 radical (unpaired) electrons. The normalized spacial score (nSPS) is 15.8. The number of carbonyl (C=O) groups is 1. The van der Waals surface area contributed by atoms with Gasteiger partial charge in [0, 0.05) is 24.8 Å². The van der Waals surface area contributed by atoms with E-state index in [2.05, 4.69) is 15.7 Å². The molecular weight excluding hydrogens is 431 g/mol. The number of nitrogens with zero attached hydrogens (tertiary/aromatic N) is 2. The number of hydrogen-bond acceptors (Lipinski definition) is 4. The van der Waals surface area contributed by atoms with Crippen molar-refractivity contribution in [2.45, 2.75) is 18.6 Å². The molecule has 6 nitrogen and oxygen atoms in total. The number of carbonyl (C=O) groups excluding carboxylic acids is 1. The van der Waals surface area contributed by atoms with Crippen molar-refractivity contribution < 1.29 is 18.0 Å². The minimum absolute atomic E-state index is 0.113. The van der Waals surface area contributed by atoms with Crippen LogP contribution in [0.4, 0.5) is 24.7 Å². The maximum Gasteiger partial charge on any atom is 0.417 e. The van der Waals surface area contributed by atoms with Crippen LogP contribution in [0.5, 0.6) is 0 Å². The molecule has 4 rings (SSSR count). The Morgan fingerprint density at radius 3 is 2.68 bits per heavy atom. The summed E-state index contributed by atoms with van der Waals surface area (Å²) in [4.78, 5) is 12.3. The number of alkyl halides is 3. The molecule has 31 heavy (non-hydrogen) atoms. The summed E-state index contributed by atoms with van der Waals surface area (Å²) in [5.41, 5.74) is 7.14. The van der Waals surface area contributed by atoms with Crippen LogP contribution in [0, 0.1) is 0 Å². The molecule has 1 atom stereocenters. The van der Waals surface area contributed by atoms with Crippen LogP contribution in [0.15, 0.2) is 42.5 Å². The highest BCUT2D eigenvalue weighted by Gasteiger charge is 2.35. The number of nitrogens with one attached hydrogen (secondary N) is 2. The summed E-state index contributed by atoms with van der Waals surface area (Å²) in [6, 6.07) is 10.8. The highest BCUT2D eigenvalue weighted by molar-refractivity contribution is 6.31. The summed E-state index contributed by atoms with van der Waals surface area (Å²) < 4.78 is 40.9. The maximum atomic E-state index is 13.1. The second-order valence-electron chi connectivity index (χ2n) is 7.14. The lowest BCUT2D eigenvalue weighted by atomic mass is 9.99. The molecule has 1 aliphatic rings. The first kappa shape index (κ1) is 21.0. The average Bonchev–Trinajstić information content (AvgIpc) is 3.12. The predicted molar refractivity (Wildman–Crippen MR) is 113 cm³/mol. The predicted octanol–water partition coefficient (Wildman–Crippen LogP) is 4.77. The van der Waals surface area contributed by atoms with Gasteiger partial charge < -0.3 is 16.4 Å². The van der Waals surface area contributed by atoms with Gasteiger partial charge >= 0.3 is 6.18 Å². The monoisotopic (exact) mass is 449 g/mol. The summed E-state index contributed by atoms with van der Waals surface area (Å²) in [5.74, 6) is -0.303. The van der Waals surface area contributed by atoms with Gasteiger partial charge in [-0.25, -0.2) is 4.68 Å². The number of amides is 1. The van der Waals surface area contributed by atoms with E-state index >= 15 is 0 Å². The number of hydrogen-bond donors (Lipinski definition) is 3. The van der Waals surface area contributed by atoms with Gasteiger partial charge in [-0.3, -0.25) is 4.79 Å². The van der Waals surface area contributed by atoms with Gasteiger partial charge in [0.15, 0.2) is 0 Å². The third-order valence-corrected chi connectivity index (χ3v) is 5.61. The quantitative estimate of drug-likeness (QED) is 0.535. The Balaban J connectivity index is 1.88.